The van der Waals surface area contributed by atoms with E-state index >= 15 is 8.78 Å². The second-order valence-electron chi connectivity index (χ2n) is 9.59. The lowest BCUT2D eigenvalue weighted by molar-refractivity contribution is -0.273. The largest absolute Gasteiger partial charge is 0.464 e. The van der Waals surface area contributed by atoms with Crippen molar-refractivity contribution in [2.45, 2.75) is 83.2 Å². The molecular formula is C29H37F2NO7. The Morgan fingerprint density at radius 3 is 2.15 bits per heavy atom. The van der Waals surface area contributed by atoms with Crippen LogP contribution in [-0.4, -0.2) is 60.2 Å². The van der Waals surface area contributed by atoms with Crippen molar-refractivity contribution in [1.82, 2.24) is 5.32 Å². The number of carbonyl (C=O) groups is 2. The Morgan fingerprint density at radius 1 is 1.00 bits per heavy atom. The van der Waals surface area contributed by atoms with Gasteiger partial charge in [-0.3, -0.25) is 0 Å². The minimum Gasteiger partial charge on any atom is -0.464 e. The maximum Gasteiger partial charge on any atom is 0.408 e. The highest BCUT2D eigenvalue weighted by Crippen LogP contribution is 2.39. The van der Waals surface area contributed by atoms with Crippen LogP contribution in [0.15, 0.2) is 60.7 Å². The second kappa shape index (κ2) is 14.3. The lowest BCUT2D eigenvalue weighted by Crippen LogP contribution is -2.61. The van der Waals surface area contributed by atoms with Crippen molar-refractivity contribution in [2.24, 2.45) is 5.92 Å². The summed E-state index contributed by atoms with van der Waals surface area (Å²) in [6.07, 6.45) is -7.02. The molecule has 0 spiro atoms. The highest BCUT2D eigenvalue weighted by atomic mass is 19.3. The molecule has 2 N–H and O–H groups in total. The standard InChI is InChI=1S/C29H37F2NO7/c1-4-23-19(3)25(37-17-20-12-8-6-9-13-20)24(33)26(39-23)29(30,31)16-22(27(34)36-5-2)32-28(35)38-18-21-14-10-7-11-15-21/h6-15,19,22-26,33H,4-5,16-18H2,1-3H3,(H,32,35)/t19-,22?,23+,24+,25-,26-/m0/s1. The molecule has 1 saturated heterocycles. The van der Waals surface area contributed by atoms with E-state index in [1.807, 2.05) is 30.3 Å². The van der Waals surface area contributed by atoms with E-state index in [1.54, 1.807) is 44.2 Å². The number of benzene rings is 2. The van der Waals surface area contributed by atoms with E-state index in [2.05, 4.69) is 5.32 Å². The Hall–Kier alpha value is -3.08. The lowest BCUT2D eigenvalue weighted by atomic mass is 9.83. The van der Waals surface area contributed by atoms with Crippen LogP contribution < -0.4 is 5.32 Å². The number of amides is 1. The monoisotopic (exact) mass is 549 g/mol. The summed E-state index contributed by atoms with van der Waals surface area (Å²) in [7, 11) is 0. The van der Waals surface area contributed by atoms with Crippen LogP contribution in [0.25, 0.3) is 0 Å². The first-order valence-corrected chi connectivity index (χ1v) is 13.2. The summed E-state index contributed by atoms with van der Waals surface area (Å²) in [4.78, 5) is 24.9. The van der Waals surface area contributed by atoms with E-state index in [1.165, 1.54) is 6.92 Å². The molecular weight excluding hydrogens is 512 g/mol. The molecule has 0 aliphatic carbocycles. The number of ether oxygens (including phenoxy) is 4. The molecule has 1 fully saturated rings. The SMILES string of the molecule is CCOC(=O)C(CC(F)(F)[C@H]1O[C@H](CC)[C@H](C)[C@H](OCc2ccccc2)[C@H]1O)NC(=O)OCc1ccccc1. The van der Waals surface area contributed by atoms with Gasteiger partial charge in [0, 0.05) is 12.3 Å². The number of carbonyl (C=O) groups excluding carboxylic acids is 2. The summed E-state index contributed by atoms with van der Waals surface area (Å²) in [5.41, 5.74) is 1.52. The average Bonchev–Trinajstić information content (AvgIpc) is 2.92. The Kier molecular flexibility index (Phi) is 11.2. The zero-order chi connectivity index (χ0) is 28.4. The third kappa shape index (κ3) is 8.45. The molecule has 2 aromatic carbocycles. The highest BCUT2D eigenvalue weighted by molar-refractivity contribution is 5.81. The van der Waals surface area contributed by atoms with Crippen LogP contribution in [0.3, 0.4) is 0 Å². The maximum absolute atomic E-state index is 15.7. The van der Waals surface area contributed by atoms with Crippen LogP contribution in [0, 0.1) is 5.92 Å². The smallest absolute Gasteiger partial charge is 0.408 e. The molecule has 39 heavy (non-hydrogen) atoms. The van der Waals surface area contributed by atoms with Gasteiger partial charge in [0.05, 0.1) is 25.4 Å². The summed E-state index contributed by atoms with van der Waals surface area (Å²) in [5, 5.41) is 13.2. The van der Waals surface area contributed by atoms with Crippen molar-refractivity contribution in [3.05, 3.63) is 71.8 Å². The van der Waals surface area contributed by atoms with Crippen LogP contribution in [0.2, 0.25) is 0 Å². The summed E-state index contributed by atoms with van der Waals surface area (Å²) in [6.45, 7) is 5.05. The molecule has 0 radical (unpaired) electrons. The van der Waals surface area contributed by atoms with Crippen molar-refractivity contribution >= 4 is 12.1 Å². The van der Waals surface area contributed by atoms with Crippen molar-refractivity contribution in [1.29, 1.82) is 0 Å². The Labute approximate surface area is 227 Å². The van der Waals surface area contributed by atoms with Gasteiger partial charge in [-0.1, -0.05) is 74.5 Å². The molecule has 0 aromatic heterocycles. The maximum atomic E-state index is 15.7. The Balaban J connectivity index is 1.72. The van der Waals surface area contributed by atoms with E-state index in [4.69, 9.17) is 18.9 Å². The highest BCUT2D eigenvalue weighted by Gasteiger charge is 2.55. The van der Waals surface area contributed by atoms with Crippen LogP contribution in [0.4, 0.5) is 13.6 Å². The number of halogens is 2. The van der Waals surface area contributed by atoms with Crippen molar-refractivity contribution in [3.8, 4) is 0 Å². The molecule has 1 unspecified atom stereocenters. The molecule has 6 atom stereocenters. The fraction of sp³-hybridized carbons (Fsp3) is 0.517. The molecule has 0 saturated carbocycles. The van der Waals surface area contributed by atoms with Gasteiger partial charge in [0.2, 0.25) is 0 Å². The van der Waals surface area contributed by atoms with Gasteiger partial charge >= 0.3 is 12.1 Å². The molecule has 10 heteroatoms. The van der Waals surface area contributed by atoms with Crippen LogP contribution in [0.5, 0.6) is 0 Å². The fourth-order valence-corrected chi connectivity index (χ4v) is 4.65. The molecule has 8 nitrogen and oxygen atoms in total. The van der Waals surface area contributed by atoms with Crippen LogP contribution >= 0.6 is 0 Å². The number of esters is 1. The topological polar surface area (TPSA) is 103 Å². The average molecular weight is 550 g/mol. The van der Waals surface area contributed by atoms with Crippen LogP contribution in [-0.2, 0) is 37.0 Å². The van der Waals surface area contributed by atoms with Crippen molar-refractivity contribution < 1.29 is 42.4 Å². The number of rotatable bonds is 12. The first-order chi connectivity index (χ1) is 18.7. The van der Waals surface area contributed by atoms with E-state index < -0.39 is 54.9 Å². The molecule has 1 aliphatic rings. The minimum atomic E-state index is -3.73. The number of nitrogens with one attached hydrogen (secondary N) is 1. The molecule has 1 amide bonds. The third-order valence-corrected chi connectivity index (χ3v) is 6.73. The predicted octanol–water partition coefficient (Wildman–Crippen LogP) is 4.63. The number of hydrogen-bond donors (Lipinski definition) is 2. The van der Waals surface area contributed by atoms with E-state index in [-0.39, 0.29) is 25.7 Å². The molecule has 2 aromatic rings. The van der Waals surface area contributed by atoms with E-state index in [0.717, 1.165) is 5.56 Å². The third-order valence-electron chi connectivity index (χ3n) is 6.73. The number of alkyl carbamates (subject to hydrolysis) is 1. The summed E-state index contributed by atoms with van der Waals surface area (Å²) in [5.74, 6) is -5.14. The van der Waals surface area contributed by atoms with Crippen LogP contribution in [0.1, 0.15) is 44.7 Å². The summed E-state index contributed by atoms with van der Waals surface area (Å²) in [6, 6.07) is 16.2. The fourth-order valence-electron chi connectivity index (χ4n) is 4.65. The first-order valence-electron chi connectivity index (χ1n) is 13.2. The van der Waals surface area contributed by atoms with Gasteiger partial charge in [-0.2, -0.15) is 0 Å². The summed E-state index contributed by atoms with van der Waals surface area (Å²) >= 11 is 0. The minimum absolute atomic E-state index is 0.0744. The predicted molar refractivity (Wildman–Crippen MR) is 139 cm³/mol. The zero-order valence-electron chi connectivity index (χ0n) is 22.4. The number of hydrogen-bond acceptors (Lipinski definition) is 7. The van der Waals surface area contributed by atoms with Gasteiger partial charge in [-0.15, -0.1) is 0 Å². The normalized spacial score (nSPS) is 24.0. The second-order valence-corrected chi connectivity index (χ2v) is 9.59. The molecule has 1 aliphatic heterocycles. The van der Waals surface area contributed by atoms with Crippen molar-refractivity contribution in [3.63, 3.8) is 0 Å². The van der Waals surface area contributed by atoms with Gasteiger partial charge in [0.25, 0.3) is 5.92 Å². The summed E-state index contributed by atoms with van der Waals surface area (Å²) < 4.78 is 53.1. The van der Waals surface area contributed by atoms with E-state index in [9.17, 15) is 14.7 Å². The lowest BCUT2D eigenvalue weighted by Gasteiger charge is -2.46. The van der Waals surface area contributed by atoms with Gasteiger partial charge in [-0.05, 0) is 24.5 Å². The quantitative estimate of drug-likeness (QED) is 0.372. The number of alkyl halides is 2. The Bertz CT molecular complexity index is 1040. The van der Waals surface area contributed by atoms with Gasteiger partial charge in [-0.25, -0.2) is 18.4 Å². The van der Waals surface area contributed by atoms with Crippen molar-refractivity contribution in [2.75, 3.05) is 6.61 Å². The zero-order valence-corrected chi connectivity index (χ0v) is 22.4. The van der Waals surface area contributed by atoms with Gasteiger partial charge in [0.1, 0.15) is 24.9 Å². The first kappa shape index (κ1) is 30.5. The number of aliphatic hydroxyl groups excluding tert-OH is 1. The van der Waals surface area contributed by atoms with Gasteiger partial charge < -0.3 is 29.4 Å². The molecule has 1 heterocycles. The molecule has 3 rings (SSSR count). The van der Waals surface area contributed by atoms with Gasteiger partial charge in [0.15, 0.2) is 0 Å². The molecule has 0 bridgehead atoms. The molecule has 214 valence electrons. The van der Waals surface area contributed by atoms with E-state index in [0.29, 0.717) is 12.0 Å². The number of aliphatic hydroxyl groups is 1. The Morgan fingerprint density at radius 2 is 1.59 bits per heavy atom.